The SMILES string of the molecule is CCSC[C@H](C)NCc1nn(C)c2ccc(C)cc12. The number of thioether (sulfide) groups is 1. The van der Waals surface area contributed by atoms with Crippen LogP contribution in [0.1, 0.15) is 25.1 Å². The third-order valence-electron chi connectivity index (χ3n) is 3.27. The average molecular weight is 277 g/mol. The molecular weight excluding hydrogens is 254 g/mol. The average Bonchev–Trinajstić information content (AvgIpc) is 2.70. The van der Waals surface area contributed by atoms with Crippen LogP contribution in [-0.4, -0.2) is 27.3 Å². The number of nitrogens with one attached hydrogen (secondary N) is 1. The molecule has 1 atom stereocenters. The Hall–Kier alpha value is -1.00. The van der Waals surface area contributed by atoms with E-state index in [1.807, 2.05) is 23.5 Å². The number of aromatic nitrogens is 2. The Morgan fingerprint density at radius 3 is 2.95 bits per heavy atom. The zero-order chi connectivity index (χ0) is 13.8. The van der Waals surface area contributed by atoms with Crippen LogP contribution in [0.3, 0.4) is 0 Å². The van der Waals surface area contributed by atoms with Gasteiger partial charge in [0.15, 0.2) is 0 Å². The van der Waals surface area contributed by atoms with Crippen LogP contribution in [-0.2, 0) is 13.6 Å². The van der Waals surface area contributed by atoms with Gasteiger partial charge in [-0.3, -0.25) is 4.68 Å². The van der Waals surface area contributed by atoms with Crippen molar-refractivity contribution in [3.63, 3.8) is 0 Å². The second-order valence-corrected chi connectivity index (χ2v) is 6.35. The maximum Gasteiger partial charge on any atom is 0.0841 e. The number of hydrogen-bond donors (Lipinski definition) is 1. The topological polar surface area (TPSA) is 29.9 Å². The van der Waals surface area contributed by atoms with Crippen LogP contribution in [0.25, 0.3) is 10.9 Å². The molecule has 0 amide bonds. The van der Waals surface area contributed by atoms with Crippen LogP contribution < -0.4 is 5.32 Å². The lowest BCUT2D eigenvalue weighted by molar-refractivity contribution is 0.583. The van der Waals surface area contributed by atoms with E-state index in [1.54, 1.807) is 0 Å². The Morgan fingerprint density at radius 2 is 2.21 bits per heavy atom. The summed E-state index contributed by atoms with van der Waals surface area (Å²) < 4.78 is 1.97. The molecule has 0 aliphatic heterocycles. The largest absolute Gasteiger partial charge is 0.308 e. The molecule has 1 aromatic carbocycles. The maximum atomic E-state index is 4.63. The van der Waals surface area contributed by atoms with Crippen molar-refractivity contribution in [1.29, 1.82) is 0 Å². The van der Waals surface area contributed by atoms with Crippen LogP contribution in [0, 0.1) is 6.92 Å². The van der Waals surface area contributed by atoms with Gasteiger partial charge in [-0.1, -0.05) is 18.6 Å². The molecule has 0 aliphatic carbocycles. The Morgan fingerprint density at radius 1 is 1.42 bits per heavy atom. The molecule has 0 saturated carbocycles. The predicted molar refractivity (Wildman–Crippen MR) is 84.8 cm³/mol. The summed E-state index contributed by atoms with van der Waals surface area (Å²) in [5.41, 5.74) is 3.64. The lowest BCUT2D eigenvalue weighted by Crippen LogP contribution is -2.28. The minimum absolute atomic E-state index is 0.520. The summed E-state index contributed by atoms with van der Waals surface area (Å²) in [5, 5.41) is 9.46. The zero-order valence-corrected chi connectivity index (χ0v) is 13.0. The second-order valence-electron chi connectivity index (χ2n) is 5.03. The molecule has 0 spiro atoms. The van der Waals surface area contributed by atoms with Crippen molar-refractivity contribution >= 4 is 22.7 Å². The van der Waals surface area contributed by atoms with Crippen molar-refractivity contribution in [2.45, 2.75) is 33.4 Å². The molecule has 0 aliphatic rings. The highest BCUT2D eigenvalue weighted by molar-refractivity contribution is 7.99. The lowest BCUT2D eigenvalue weighted by Gasteiger charge is -2.11. The quantitative estimate of drug-likeness (QED) is 0.880. The summed E-state index contributed by atoms with van der Waals surface area (Å²) in [4.78, 5) is 0. The van der Waals surface area contributed by atoms with Crippen LogP contribution in [0.2, 0.25) is 0 Å². The minimum Gasteiger partial charge on any atom is -0.308 e. The summed E-state index contributed by atoms with van der Waals surface area (Å²) in [6, 6.07) is 7.04. The first-order chi connectivity index (χ1) is 9.11. The number of fused-ring (bicyclic) bond motifs is 1. The number of nitrogens with zero attached hydrogens (tertiary/aromatic N) is 2. The highest BCUT2D eigenvalue weighted by Crippen LogP contribution is 2.19. The van der Waals surface area contributed by atoms with Crippen molar-refractivity contribution in [2.24, 2.45) is 7.05 Å². The standard InChI is InChI=1S/C15H23N3S/c1-5-19-10-12(3)16-9-14-13-8-11(2)6-7-15(13)18(4)17-14/h6-8,12,16H,5,9-10H2,1-4H3/t12-/m0/s1. The van der Waals surface area contributed by atoms with Gasteiger partial charge < -0.3 is 5.32 Å². The fourth-order valence-electron chi connectivity index (χ4n) is 2.21. The fourth-order valence-corrected chi connectivity index (χ4v) is 2.91. The molecule has 0 bridgehead atoms. The third kappa shape index (κ3) is 3.51. The molecule has 0 fully saturated rings. The molecule has 4 heteroatoms. The molecule has 1 N–H and O–H groups in total. The van der Waals surface area contributed by atoms with Gasteiger partial charge in [-0.05, 0) is 31.7 Å². The normalized spacial score (nSPS) is 13.1. The third-order valence-corrected chi connectivity index (χ3v) is 4.42. The maximum absolute atomic E-state index is 4.63. The monoisotopic (exact) mass is 277 g/mol. The van der Waals surface area contributed by atoms with Gasteiger partial charge in [-0.2, -0.15) is 16.9 Å². The van der Waals surface area contributed by atoms with Gasteiger partial charge >= 0.3 is 0 Å². The number of benzene rings is 1. The number of aryl methyl sites for hydroxylation is 2. The molecule has 1 aromatic heterocycles. The summed E-state index contributed by atoms with van der Waals surface area (Å²) in [5.74, 6) is 2.33. The molecule has 2 rings (SSSR count). The molecule has 19 heavy (non-hydrogen) atoms. The smallest absolute Gasteiger partial charge is 0.0841 e. The molecule has 1 heterocycles. The van der Waals surface area contributed by atoms with Crippen molar-refractivity contribution < 1.29 is 0 Å². The van der Waals surface area contributed by atoms with Gasteiger partial charge in [0.25, 0.3) is 0 Å². The van der Waals surface area contributed by atoms with Gasteiger partial charge in [-0.25, -0.2) is 0 Å². The van der Waals surface area contributed by atoms with Gasteiger partial charge in [-0.15, -0.1) is 0 Å². The highest BCUT2D eigenvalue weighted by Gasteiger charge is 2.09. The summed E-state index contributed by atoms with van der Waals surface area (Å²) in [6.45, 7) is 7.40. The first-order valence-corrected chi connectivity index (χ1v) is 8.00. The molecular formula is C15H23N3S. The van der Waals surface area contributed by atoms with E-state index < -0.39 is 0 Å². The Labute approximate surface area is 119 Å². The molecule has 0 unspecified atom stereocenters. The number of rotatable bonds is 6. The van der Waals surface area contributed by atoms with E-state index in [0.29, 0.717) is 6.04 Å². The minimum atomic E-state index is 0.520. The van der Waals surface area contributed by atoms with Crippen LogP contribution >= 0.6 is 11.8 Å². The van der Waals surface area contributed by atoms with E-state index in [2.05, 4.69) is 49.4 Å². The van der Waals surface area contributed by atoms with Gasteiger partial charge in [0.05, 0.1) is 11.2 Å². The van der Waals surface area contributed by atoms with Gasteiger partial charge in [0.1, 0.15) is 0 Å². The van der Waals surface area contributed by atoms with Crippen LogP contribution in [0.5, 0.6) is 0 Å². The predicted octanol–water partition coefficient (Wildman–Crippen LogP) is 3.11. The Bertz CT molecular complexity index is 548. The van der Waals surface area contributed by atoms with Crippen LogP contribution in [0.15, 0.2) is 18.2 Å². The molecule has 0 saturated heterocycles. The Kier molecular flexibility index (Phi) is 4.88. The summed E-state index contributed by atoms with van der Waals surface area (Å²) in [7, 11) is 2.01. The molecule has 3 nitrogen and oxygen atoms in total. The fraction of sp³-hybridized carbons (Fsp3) is 0.533. The summed E-state index contributed by atoms with van der Waals surface area (Å²) in [6.07, 6.45) is 0. The first-order valence-electron chi connectivity index (χ1n) is 6.85. The zero-order valence-electron chi connectivity index (χ0n) is 12.2. The number of hydrogen-bond acceptors (Lipinski definition) is 3. The van der Waals surface area contributed by atoms with E-state index in [-0.39, 0.29) is 0 Å². The Balaban J connectivity index is 2.10. The highest BCUT2D eigenvalue weighted by atomic mass is 32.2. The second kappa shape index (κ2) is 6.44. The van der Waals surface area contributed by atoms with E-state index in [4.69, 9.17) is 0 Å². The van der Waals surface area contributed by atoms with Crippen molar-refractivity contribution in [2.75, 3.05) is 11.5 Å². The summed E-state index contributed by atoms with van der Waals surface area (Å²) >= 11 is 1.97. The molecule has 2 aromatic rings. The van der Waals surface area contributed by atoms with Crippen molar-refractivity contribution in [3.8, 4) is 0 Å². The van der Waals surface area contributed by atoms with Crippen molar-refractivity contribution in [1.82, 2.24) is 15.1 Å². The first kappa shape index (κ1) is 14.4. The van der Waals surface area contributed by atoms with Crippen LogP contribution in [0.4, 0.5) is 0 Å². The molecule has 104 valence electrons. The lowest BCUT2D eigenvalue weighted by atomic mass is 10.1. The van der Waals surface area contributed by atoms with E-state index in [1.165, 1.54) is 22.2 Å². The van der Waals surface area contributed by atoms with E-state index >= 15 is 0 Å². The van der Waals surface area contributed by atoms with Gasteiger partial charge in [0, 0.05) is 30.8 Å². The van der Waals surface area contributed by atoms with Gasteiger partial charge in [0.2, 0.25) is 0 Å². The van der Waals surface area contributed by atoms with E-state index in [0.717, 1.165) is 18.0 Å². The van der Waals surface area contributed by atoms with E-state index in [9.17, 15) is 0 Å². The van der Waals surface area contributed by atoms with Crippen molar-refractivity contribution in [3.05, 3.63) is 29.5 Å². The molecule has 0 radical (unpaired) electrons.